The Morgan fingerprint density at radius 2 is 1.48 bits per heavy atom. The fraction of sp³-hybridized carbons (Fsp3) is 0.174. The van der Waals surface area contributed by atoms with Crippen LogP contribution in [0.4, 0.5) is 16.2 Å². The van der Waals surface area contributed by atoms with Gasteiger partial charge in [-0.25, -0.2) is 13.2 Å². The van der Waals surface area contributed by atoms with Gasteiger partial charge in [-0.1, -0.05) is 42.5 Å². The zero-order valence-corrected chi connectivity index (χ0v) is 17.4. The Kier molecular flexibility index (Phi) is 4.67. The molecule has 6 heteroatoms. The van der Waals surface area contributed by atoms with Crippen molar-refractivity contribution >= 4 is 27.4 Å². The molecular weight excluding hydrogens is 384 g/mol. The molecule has 3 aromatic carbocycles. The van der Waals surface area contributed by atoms with Crippen LogP contribution < -0.4 is 9.21 Å². The maximum atomic E-state index is 13.5. The quantitative estimate of drug-likeness (QED) is 0.619. The van der Waals surface area contributed by atoms with Crippen LogP contribution in [-0.4, -0.2) is 14.4 Å². The summed E-state index contributed by atoms with van der Waals surface area (Å²) in [6.07, 6.45) is 0. The number of carbonyl (C=O) groups is 1. The van der Waals surface area contributed by atoms with Crippen LogP contribution in [0.2, 0.25) is 0 Å². The molecule has 0 N–H and O–H groups in total. The van der Waals surface area contributed by atoms with E-state index in [0.29, 0.717) is 17.9 Å². The van der Waals surface area contributed by atoms with Gasteiger partial charge < -0.3 is 0 Å². The second-order valence-electron chi connectivity index (χ2n) is 7.30. The van der Waals surface area contributed by atoms with E-state index in [2.05, 4.69) is 0 Å². The fourth-order valence-corrected chi connectivity index (χ4v) is 5.11. The summed E-state index contributed by atoms with van der Waals surface area (Å²) in [6, 6.07) is 19.1. The summed E-state index contributed by atoms with van der Waals surface area (Å²) in [4.78, 5) is 15.2. The highest BCUT2D eigenvalue weighted by atomic mass is 32.2. The van der Waals surface area contributed by atoms with Gasteiger partial charge in [-0.3, -0.25) is 4.90 Å². The lowest BCUT2D eigenvalue weighted by Crippen LogP contribution is -2.50. The van der Waals surface area contributed by atoms with Gasteiger partial charge in [0.25, 0.3) is 10.0 Å². The molecule has 29 heavy (non-hydrogen) atoms. The molecule has 0 unspecified atom stereocenters. The van der Waals surface area contributed by atoms with Crippen molar-refractivity contribution in [3.05, 3.63) is 89.0 Å². The number of fused-ring (bicyclic) bond motifs is 1. The van der Waals surface area contributed by atoms with Gasteiger partial charge in [-0.05, 0) is 67.3 Å². The smallest absolute Gasteiger partial charge is 0.287 e. The third-order valence-electron chi connectivity index (χ3n) is 5.39. The van der Waals surface area contributed by atoms with Crippen LogP contribution in [0.5, 0.6) is 0 Å². The van der Waals surface area contributed by atoms with E-state index >= 15 is 0 Å². The normalized spacial score (nSPS) is 15.3. The standard InChI is InChI=1S/C23H22N2O3S/c1-16-12-13-20(14-18(16)3)25-23(26)24(15-19-9-5-4-8-17(19)2)21-10-6-7-11-22(21)29(25,27)28/h4-14H,15H2,1-3H3. The molecule has 5 nitrogen and oxygen atoms in total. The first-order valence-corrected chi connectivity index (χ1v) is 10.8. The van der Waals surface area contributed by atoms with Gasteiger partial charge in [-0.15, -0.1) is 0 Å². The zero-order chi connectivity index (χ0) is 20.8. The van der Waals surface area contributed by atoms with Crippen molar-refractivity contribution in [1.82, 2.24) is 0 Å². The lowest BCUT2D eigenvalue weighted by atomic mass is 10.1. The minimum atomic E-state index is -4.01. The lowest BCUT2D eigenvalue weighted by molar-refractivity contribution is 0.253. The number of hydrogen-bond donors (Lipinski definition) is 0. The van der Waals surface area contributed by atoms with Crippen molar-refractivity contribution in [3.8, 4) is 0 Å². The second kappa shape index (κ2) is 7.04. The van der Waals surface area contributed by atoms with Crippen molar-refractivity contribution in [2.75, 3.05) is 9.21 Å². The highest BCUT2D eigenvalue weighted by Crippen LogP contribution is 2.38. The van der Waals surface area contributed by atoms with Gasteiger partial charge >= 0.3 is 6.03 Å². The fourth-order valence-electron chi connectivity index (χ4n) is 3.52. The Morgan fingerprint density at radius 3 is 2.21 bits per heavy atom. The van der Waals surface area contributed by atoms with Crippen molar-refractivity contribution in [2.45, 2.75) is 32.2 Å². The van der Waals surface area contributed by atoms with Gasteiger partial charge in [0.05, 0.1) is 17.9 Å². The Balaban J connectivity index is 1.89. The molecule has 3 aromatic rings. The molecular formula is C23H22N2O3S. The van der Waals surface area contributed by atoms with Gasteiger partial charge in [0.15, 0.2) is 0 Å². The maximum absolute atomic E-state index is 13.5. The van der Waals surface area contributed by atoms with E-state index in [9.17, 15) is 13.2 Å². The van der Waals surface area contributed by atoms with E-state index < -0.39 is 16.1 Å². The van der Waals surface area contributed by atoms with Crippen molar-refractivity contribution < 1.29 is 13.2 Å². The summed E-state index contributed by atoms with van der Waals surface area (Å²) in [5.41, 5.74) is 4.73. The molecule has 148 valence electrons. The minimum absolute atomic E-state index is 0.131. The van der Waals surface area contributed by atoms with Crippen molar-refractivity contribution in [1.29, 1.82) is 0 Å². The molecule has 0 spiro atoms. The van der Waals surface area contributed by atoms with E-state index in [1.165, 1.54) is 4.90 Å². The molecule has 1 aliphatic rings. The molecule has 0 aliphatic carbocycles. The monoisotopic (exact) mass is 406 g/mol. The highest BCUT2D eigenvalue weighted by molar-refractivity contribution is 7.94. The number of anilines is 2. The van der Waals surface area contributed by atoms with Crippen molar-refractivity contribution in [2.24, 2.45) is 0 Å². The number of carbonyl (C=O) groups excluding carboxylic acids is 1. The van der Waals surface area contributed by atoms with Gasteiger partial charge in [0.2, 0.25) is 0 Å². The third kappa shape index (κ3) is 3.19. The predicted molar refractivity (Wildman–Crippen MR) is 115 cm³/mol. The second-order valence-corrected chi connectivity index (χ2v) is 9.06. The number of sulfonamides is 1. The lowest BCUT2D eigenvalue weighted by Gasteiger charge is -2.36. The van der Waals surface area contributed by atoms with Crippen LogP contribution in [0, 0.1) is 20.8 Å². The molecule has 0 saturated heterocycles. The first-order chi connectivity index (χ1) is 13.8. The van der Waals surface area contributed by atoms with Crippen LogP contribution in [0.15, 0.2) is 71.6 Å². The molecule has 0 fully saturated rings. The van der Waals surface area contributed by atoms with Crippen LogP contribution in [0.1, 0.15) is 22.3 Å². The predicted octanol–water partition coefficient (Wildman–Crippen LogP) is 4.95. The van der Waals surface area contributed by atoms with Gasteiger partial charge in [-0.2, -0.15) is 4.31 Å². The van der Waals surface area contributed by atoms with Gasteiger partial charge in [0, 0.05) is 0 Å². The Hall–Kier alpha value is -3.12. The number of rotatable bonds is 3. The van der Waals surface area contributed by atoms with E-state index in [0.717, 1.165) is 26.6 Å². The number of nitrogens with zero attached hydrogens (tertiary/aromatic N) is 2. The summed E-state index contributed by atoms with van der Waals surface area (Å²) in [7, 11) is -4.01. The number of hydrogen-bond acceptors (Lipinski definition) is 3. The van der Waals surface area contributed by atoms with Crippen LogP contribution in [0.25, 0.3) is 0 Å². The SMILES string of the molecule is Cc1ccc(N2C(=O)N(Cc3ccccc3C)c3ccccc3S2(=O)=O)cc1C. The topological polar surface area (TPSA) is 57.7 Å². The largest absolute Gasteiger partial charge is 0.343 e. The molecule has 1 heterocycles. The molecule has 0 atom stereocenters. The van der Waals surface area contributed by atoms with Crippen molar-refractivity contribution in [3.63, 3.8) is 0 Å². The number of amides is 2. The van der Waals surface area contributed by atoms with E-state index in [1.54, 1.807) is 36.4 Å². The molecule has 2 amide bonds. The Bertz CT molecular complexity index is 1220. The van der Waals surface area contributed by atoms with Crippen LogP contribution in [-0.2, 0) is 16.6 Å². The summed E-state index contributed by atoms with van der Waals surface area (Å²) in [6.45, 7) is 6.12. The summed E-state index contributed by atoms with van der Waals surface area (Å²) >= 11 is 0. The van der Waals surface area contributed by atoms with Gasteiger partial charge in [0.1, 0.15) is 4.90 Å². The van der Waals surface area contributed by atoms with Crippen LogP contribution >= 0.6 is 0 Å². The number of urea groups is 1. The summed E-state index contributed by atoms with van der Waals surface area (Å²) in [5, 5.41) is 0. The highest BCUT2D eigenvalue weighted by Gasteiger charge is 2.42. The van der Waals surface area contributed by atoms with E-state index in [-0.39, 0.29) is 4.90 Å². The number of para-hydroxylation sites is 1. The first kappa shape index (κ1) is 19.2. The average molecular weight is 407 g/mol. The average Bonchev–Trinajstić information content (AvgIpc) is 2.69. The number of aryl methyl sites for hydroxylation is 3. The molecule has 0 aromatic heterocycles. The molecule has 1 aliphatic heterocycles. The number of benzene rings is 3. The van der Waals surface area contributed by atoms with Crippen LogP contribution in [0.3, 0.4) is 0 Å². The zero-order valence-electron chi connectivity index (χ0n) is 16.6. The maximum Gasteiger partial charge on any atom is 0.343 e. The first-order valence-electron chi connectivity index (χ1n) is 9.38. The molecule has 0 bridgehead atoms. The molecule has 0 saturated carbocycles. The van der Waals surface area contributed by atoms with E-state index in [1.807, 2.05) is 51.1 Å². The summed E-state index contributed by atoms with van der Waals surface area (Å²) < 4.78 is 27.6. The Labute approximate surface area is 171 Å². The third-order valence-corrected chi connectivity index (χ3v) is 7.14. The molecule has 0 radical (unpaired) electrons. The Morgan fingerprint density at radius 1 is 0.793 bits per heavy atom. The minimum Gasteiger partial charge on any atom is -0.287 e. The molecule has 4 rings (SSSR count). The summed E-state index contributed by atoms with van der Waals surface area (Å²) in [5.74, 6) is 0. The van der Waals surface area contributed by atoms with E-state index in [4.69, 9.17) is 0 Å².